The second-order valence-corrected chi connectivity index (χ2v) is 5.16. The highest BCUT2D eigenvalue weighted by molar-refractivity contribution is 5.95. The fraction of sp³-hybridized carbons (Fsp3) is 0.375. The van der Waals surface area contributed by atoms with Gasteiger partial charge in [0.25, 0.3) is 5.91 Å². The summed E-state index contributed by atoms with van der Waals surface area (Å²) in [4.78, 5) is 14.3. The standard InChI is InChI=1S/C16H21N3O2/c1-12-14(11-18(2)17-12)16(21)19(3)15(9-10-20)13-7-5-4-6-8-13/h4-8,11,15,20H,9-10H2,1-3H3. The Balaban J connectivity index is 2.28. The molecule has 0 aliphatic rings. The second-order valence-electron chi connectivity index (χ2n) is 5.16. The van der Waals surface area contributed by atoms with Gasteiger partial charge in [0.15, 0.2) is 0 Å². The monoisotopic (exact) mass is 287 g/mol. The van der Waals surface area contributed by atoms with Crippen LogP contribution in [0.5, 0.6) is 0 Å². The quantitative estimate of drug-likeness (QED) is 0.914. The number of carbonyl (C=O) groups excluding carboxylic acids is 1. The van der Waals surface area contributed by atoms with Gasteiger partial charge in [0.1, 0.15) is 0 Å². The summed E-state index contributed by atoms with van der Waals surface area (Å²) < 4.78 is 1.64. The van der Waals surface area contributed by atoms with Gasteiger partial charge in [-0.2, -0.15) is 5.10 Å². The van der Waals surface area contributed by atoms with Crippen LogP contribution in [0.25, 0.3) is 0 Å². The number of amides is 1. The zero-order valence-electron chi connectivity index (χ0n) is 12.7. The van der Waals surface area contributed by atoms with Gasteiger partial charge in [-0.05, 0) is 18.9 Å². The van der Waals surface area contributed by atoms with Gasteiger partial charge >= 0.3 is 0 Å². The Morgan fingerprint density at radius 3 is 2.57 bits per heavy atom. The van der Waals surface area contributed by atoms with E-state index >= 15 is 0 Å². The van der Waals surface area contributed by atoms with Crippen LogP contribution in [-0.2, 0) is 7.05 Å². The van der Waals surface area contributed by atoms with Crippen molar-refractivity contribution < 1.29 is 9.90 Å². The van der Waals surface area contributed by atoms with E-state index in [1.54, 1.807) is 29.9 Å². The van der Waals surface area contributed by atoms with Gasteiger partial charge in [-0.15, -0.1) is 0 Å². The van der Waals surface area contributed by atoms with E-state index in [-0.39, 0.29) is 18.6 Å². The molecule has 5 nitrogen and oxygen atoms in total. The van der Waals surface area contributed by atoms with E-state index in [0.29, 0.717) is 17.7 Å². The van der Waals surface area contributed by atoms with Crippen LogP contribution < -0.4 is 0 Å². The Kier molecular flexibility index (Phi) is 4.75. The fourth-order valence-corrected chi connectivity index (χ4v) is 2.52. The minimum absolute atomic E-state index is 0.0310. The summed E-state index contributed by atoms with van der Waals surface area (Å²) in [7, 11) is 3.56. The van der Waals surface area contributed by atoms with Crippen molar-refractivity contribution in [3.8, 4) is 0 Å². The zero-order valence-corrected chi connectivity index (χ0v) is 12.7. The smallest absolute Gasteiger partial charge is 0.257 e. The molecule has 1 aromatic carbocycles. The van der Waals surface area contributed by atoms with E-state index in [1.165, 1.54) is 0 Å². The molecule has 0 aliphatic heterocycles. The van der Waals surface area contributed by atoms with E-state index in [9.17, 15) is 9.90 Å². The van der Waals surface area contributed by atoms with Crippen LogP contribution in [0.15, 0.2) is 36.5 Å². The van der Waals surface area contributed by atoms with Gasteiger partial charge in [-0.3, -0.25) is 9.48 Å². The molecule has 0 saturated carbocycles. The van der Waals surface area contributed by atoms with Gasteiger partial charge in [0.05, 0.1) is 17.3 Å². The van der Waals surface area contributed by atoms with Crippen LogP contribution in [0.3, 0.4) is 0 Å². The largest absolute Gasteiger partial charge is 0.396 e. The number of carbonyl (C=O) groups is 1. The van der Waals surface area contributed by atoms with Crippen LogP contribution in [0, 0.1) is 6.92 Å². The van der Waals surface area contributed by atoms with Crippen LogP contribution in [0.4, 0.5) is 0 Å². The van der Waals surface area contributed by atoms with Gasteiger partial charge in [0.2, 0.25) is 0 Å². The zero-order chi connectivity index (χ0) is 15.4. The molecule has 2 rings (SSSR count). The molecule has 112 valence electrons. The number of aryl methyl sites for hydroxylation is 2. The van der Waals surface area contributed by atoms with Crippen molar-refractivity contribution in [1.82, 2.24) is 14.7 Å². The van der Waals surface area contributed by atoms with Gasteiger partial charge < -0.3 is 10.0 Å². The molecule has 1 heterocycles. The maximum absolute atomic E-state index is 12.7. The van der Waals surface area contributed by atoms with Crippen LogP contribution in [0.2, 0.25) is 0 Å². The first-order valence-electron chi connectivity index (χ1n) is 6.97. The number of benzene rings is 1. The van der Waals surface area contributed by atoms with E-state index < -0.39 is 0 Å². The summed E-state index contributed by atoms with van der Waals surface area (Å²) in [6, 6.07) is 9.61. The second kappa shape index (κ2) is 6.54. The lowest BCUT2D eigenvalue weighted by molar-refractivity contribution is 0.0704. The molecule has 0 bridgehead atoms. The molecule has 1 atom stereocenters. The molecule has 1 aromatic heterocycles. The third-order valence-corrected chi connectivity index (χ3v) is 3.62. The lowest BCUT2D eigenvalue weighted by atomic mass is 10.0. The van der Waals surface area contributed by atoms with Crippen molar-refractivity contribution in [2.24, 2.45) is 7.05 Å². The normalized spacial score (nSPS) is 12.2. The van der Waals surface area contributed by atoms with Crippen molar-refractivity contribution in [3.63, 3.8) is 0 Å². The average molecular weight is 287 g/mol. The van der Waals surface area contributed by atoms with Crippen LogP contribution in [0.1, 0.15) is 34.1 Å². The van der Waals surface area contributed by atoms with E-state index in [0.717, 1.165) is 5.56 Å². The third kappa shape index (κ3) is 3.31. The van der Waals surface area contributed by atoms with Crippen LogP contribution in [-0.4, -0.2) is 39.3 Å². The minimum atomic E-state index is -0.150. The van der Waals surface area contributed by atoms with Gasteiger partial charge in [-0.25, -0.2) is 0 Å². The number of aliphatic hydroxyl groups excluding tert-OH is 1. The highest BCUT2D eigenvalue weighted by atomic mass is 16.3. The summed E-state index contributed by atoms with van der Waals surface area (Å²) >= 11 is 0. The van der Waals surface area contributed by atoms with E-state index in [2.05, 4.69) is 5.10 Å². The van der Waals surface area contributed by atoms with Gasteiger partial charge in [0, 0.05) is 26.9 Å². The fourth-order valence-electron chi connectivity index (χ4n) is 2.52. The topological polar surface area (TPSA) is 58.4 Å². The molecular formula is C16H21N3O2. The summed E-state index contributed by atoms with van der Waals surface area (Å²) in [6.07, 6.45) is 2.24. The first-order valence-corrected chi connectivity index (χ1v) is 6.97. The highest BCUT2D eigenvalue weighted by Crippen LogP contribution is 2.24. The lowest BCUT2D eigenvalue weighted by Crippen LogP contribution is -2.32. The van der Waals surface area contributed by atoms with E-state index in [4.69, 9.17) is 0 Å². The maximum Gasteiger partial charge on any atom is 0.257 e. The Morgan fingerprint density at radius 1 is 1.38 bits per heavy atom. The lowest BCUT2D eigenvalue weighted by Gasteiger charge is -2.28. The number of nitrogens with zero attached hydrogens (tertiary/aromatic N) is 3. The number of aromatic nitrogens is 2. The molecule has 5 heteroatoms. The predicted molar refractivity (Wildman–Crippen MR) is 80.9 cm³/mol. The molecule has 1 N–H and O–H groups in total. The molecule has 1 amide bonds. The van der Waals surface area contributed by atoms with Crippen molar-refractivity contribution in [1.29, 1.82) is 0 Å². The van der Waals surface area contributed by atoms with E-state index in [1.807, 2.05) is 37.3 Å². The first-order chi connectivity index (χ1) is 10.0. The highest BCUT2D eigenvalue weighted by Gasteiger charge is 2.24. The van der Waals surface area contributed by atoms with Crippen molar-refractivity contribution in [2.75, 3.05) is 13.7 Å². The Bertz CT molecular complexity index is 607. The molecule has 0 saturated heterocycles. The summed E-state index contributed by atoms with van der Waals surface area (Å²) in [5.41, 5.74) is 2.33. The Hall–Kier alpha value is -2.14. The molecule has 21 heavy (non-hydrogen) atoms. The summed E-state index contributed by atoms with van der Waals surface area (Å²) in [5, 5.41) is 13.5. The number of aliphatic hydroxyl groups is 1. The molecule has 0 fully saturated rings. The summed E-state index contributed by atoms with van der Waals surface area (Å²) in [5.74, 6) is -0.0806. The minimum Gasteiger partial charge on any atom is -0.396 e. The summed E-state index contributed by atoms with van der Waals surface area (Å²) in [6.45, 7) is 1.86. The predicted octanol–water partition coefficient (Wildman–Crippen LogP) is 1.92. The number of hydrogen-bond acceptors (Lipinski definition) is 3. The molecule has 1 unspecified atom stereocenters. The van der Waals surface area contributed by atoms with Crippen LogP contribution >= 0.6 is 0 Å². The number of rotatable bonds is 5. The Morgan fingerprint density at radius 2 is 2.05 bits per heavy atom. The Labute approximate surface area is 124 Å². The first kappa shape index (κ1) is 15.3. The SMILES string of the molecule is Cc1nn(C)cc1C(=O)N(C)C(CCO)c1ccccc1. The molecular weight excluding hydrogens is 266 g/mol. The molecule has 0 radical (unpaired) electrons. The molecule has 2 aromatic rings. The molecule has 0 aliphatic carbocycles. The van der Waals surface area contributed by atoms with Crippen molar-refractivity contribution >= 4 is 5.91 Å². The average Bonchev–Trinajstić information content (AvgIpc) is 2.83. The maximum atomic E-state index is 12.7. The third-order valence-electron chi connectivity index (χ3n) is 3.62. The van der Waals surface area contributed by atoms with Crippen molar-refractivity contribution in [2.45, 2.75) is 19.4 Å². The van der Waals surface area contributed by atoms with Gasteiger partial charge in [-0.1, -0.05) is 30.3 Å². The number of hydrogen-bond donors (Lipinski definition) is 1. The molecule has 0 spiro atoms. The van der Waals surface area contributed by atoms with Crippen molar-refractivity contribution in [3.05, 3.63) is 53.3 Å².